The number of alkyl halides is 3. The van der Waals surface area contributed by atoms with Crippen LogP contribution in [0.25, 0.3) is 0 Å². The van der Waals surface area contributed by atoms with E-state index < -0.39 is 43.0 Å². The van der Waals surface area contributed by atoms with E-state index in [9.17, 15) is 22.4 Å². The van der Waals surface area contributed by atoms with Gasteiger partial charge in [0.25, 0.3) is 11.8 Å². The van der Waals surface area contributed by atoms with Gasteiger partial charge in [-0.25, -0.2) is 9.37 Å². The van der Waals surface area contributed by atoms with E-state index in [1.165, 1.54) is 42.5 Å². The standard InChI is InChI=1S/C21H21F4N3O6/c1-30-18-15(31-9-10-33-21(23,24)25)5-4-14(27-18)19(29)28-8-6-20(16(11-28)32-12-34-20)17-13(22)3-2-7-26-17/h2-5,7,16H,6,8-12H2,1H3/t16-,20+/m1/s1. The molecule has 184 valence electrons. The van der Waals surface area contributed by atoms with Gasteiger partial charge in [0.2, 0.25) is 0 Å². The Morgan fingerprint density at radius 1 is 1.29 bits per heavy atom. The fourth-order valence-electron chi connectivity index (χ4n) is 3.97. The fourth-order valence-corrected chi connectivity index (χ4v) is 3.97. The minimum atomic E-state index is -4.76. The maximum atomic E-state index is 14.4. The van der Waals surface area contributed by atoms with Gasteiger partial charge < -0.3 is 23.8 Å². The highest BCUT2D eigenvalue weighted by Gasteiger charge is 2.53. The van der Waals surface area contributed by atoms with Gasteiger partial charge in [0.15, 0.2) is 5.75 Å². The molecule has 0 unspecified atom stereocenters. The number of carbonyl (C=O) groups is 1. The molecule has 2 atom stereocenters. The van der Waals surface area contributed by atoms with Gasteiger partial charge in [-0.1, -0.05) is 0 Å². The molecule has 2 saturated heterocycles. The number of likely N-dealkylation sites (tertiary alicyclic amines) is 1. The SMILES string of the molecule is COc1nc(C(=O)N2CC[C@]3(c4ncccc4F)OCO[C@@H]3C2)ccc1OCCOC(F)(F)F. The molecule has 2 fully saturated rings. The van der Waals surface area contributed by atoms with Crippen LogP contribution < -0.4 is 9.47 Å². The first kappa shape index (κ1) is 24.1. The summed E-state index contributed by atoms with van der Waals surface area (Å²) >= 11 is 0. The number of ether oxygens (including phenoxy) is 5. The zero-order valence-electron chi connectivity index (χ0n) is 18.0. The lowest BCUT2D eigenvalue weighted by atomic mass is 9.84. The van der Waals surface area contributed by atoms with Gasteiger partial charge in [-0.2, -0.15) is 0 Å². The number of methoxy groups -OCH3 is 1. The Hall–Kier alpha value is -3.03. The van der Waals surface area contributed by atoms with E-state index in [2.05, 4.69) is 14.7 Å². The lowest BCUT2D eigenvalue weighted by Gasteiger charge is -2.41. The molecule has 0 saturated carbocycles. The third-order valence-corrected chi connectivity index (χ3v) is 5.54. The van der Waals surface area contributed by atoms with E-state index in [1.807, 2.05) is 0 Å². The Labute approximate surface area is 191 Å². The first-order chi connectivity index (χ1) is 16.2. The summed E-state index contributed by atoms with van der Waals surface area (Å²) in [6.45, 7) is -0.832. The average Bonchev–Trinajstić information content (AvgIpc) is 3.25. The Morgan fingerprint density at radius 2 is 2.12 bits per heavy atom. The lowest BCUT2D eigenvalue weighted by Crippen LogP contribution is -2.54. The Balaban J connectivity index is 1.44. The highest BCUT2D eigenvalue weighted by atomic mass is 19.4. The number of pyridine rings is 2. The zero-order chi connectivity index (χ0) is 24.3. The smallest absolute Gasteiger partial charge is 0.486 e. The van der Waals surface area contributed by atoms with E-state index in [0.29, 0.717) is 0 Å². The van der Waals surface area contributed by atoms with Crippen molar-refractivity contribution in [3.8, 4) is 11.6 Å². The topological polar surface area (TPSA) is 92.2 Å². The summed E-state index contributed by atoms with van der Waals surface area (Å²) in [7, 11) is 1.29. The van der Waals surface area contributed by atoms with Gasteiger partial charge in [0.1, 0.15) is 42.3 Å². The van der Waals surface area contributed by atoms with Crippen molar-refractivity contribution in [2.45, 2.75) is 24.5 Å². The lowest BCUT2D eigenvalue weighted by molar-refractivity contribution is -0.325. The van der Waals surface area contributed by atoms with Crippen molar-refractivity contribution in [3.63, 3.8) is 0 Å². The highest BCUT2D eigenvalue weighted by molar-refractivity contribution is 5.92. The van der Waals surface area contributed by atoms with Gasteiger partial charge >= 0.3 is 6.36 Å². The molecule has 0 bridgehead atoms. The molecule has 34 heavy (non-hydrogen) atoms. The summed E-state index contributed by atoms with van der Waals surface area (Å²) in [6.07, 6.45) is -3.66. The predicted octanol–water partition coefficient (Wildman–Crippen LogP) is 2.65. The second-order valence-corrected chi connectivity index (χ2v) is 7.49. The van der Waals surface area contributed by atoms with Gasteiger partial charge in [0.05, 0.1) is 20.3 Å². The van der Waals surface area contributed by atoms with Crippen LogP contribution in [0.5, 0.6) is 11.6 Å². The molecule has 0 radical (unpaired) electrons. The number of hydrogen-bond donors (Lipinski definition) is 0. The van der Waals surface area contributed by atoms with E-state index in [-0.39, 0.29) is 49.3 Å². The van der Waals surface area contributed by atoms with Crippen LogP contribution in [0.15, 0.2) is 30.5 Å². The number of rotatable bonds is 7. The number of hydrogen-bond acceptors (Lipinski definition) is 8. The minimum absolute atomic E-state index is 0.0335. The van der Waals surface area contributed by atoms with Crippen LogP contribution in [0.2, 0.25) is 0 Å². The molecule has 2 aromatic heterocycles. The maximum absolute atomic E-state index is 14.4. The summed E-state index contributed by atoms with van der Waals surface area (Å²) in [5.41, 5.74) is -0.921. The van der Waals surface area contributed by atoms with Crippen LogP contribution in [0, 0.1) is 5.82 Å². The van der Waals surface area contributed by atoms with Crippen LogP contribution in [0.4, 0.5) is 17.6 Å². The van der Waals surface area contributed by atoms with Crippen LogP contribution in [0.1, 0.15) is 22.6 Å². The van der Waals surface area contributed by atoms with Gasteiger partial charge in [-0.3, -0.25) is 14.5 Å². The highest BCUT2D eigenvalue weighted by Crippen LogP contribution is 2.42. The molecule has 4 rings (SSSR count). The first-order valence-corrected chi connectivity index (χ1v) is 10.3. The van der Waals surface area contributed by atoms with E-state index >= 15 is 0 Å². The predicted molar refractivity (Wildman–Crippen MR) is 106 cm³/mol. The minimum Gasteiger partial charge on any atom is -0.486 e. The van der Waals surface area contributed by atoms with Crippen LogP contribution in [-0.2, 0) is 19.8 Å². The molecule has 0 aliphatic carbocycles. The molecule has 13 heteroatoms. The quantitative estimate of drug-likeness (QED) is 0.435. The van der Waals surface area contributed by atoms with E-state index in [0.717, 1.165) is 0 Å². The molecular formula is C21H21F4N3O6. The molecule has 0 spiro atoms. The normalized spacial score (nSPS) is 22.4. The van der Waals surface area contributed by atoms with Crippen molar-refractivity contribution < 1.29 is 46.0 Å². The van der Waals surface area contributed by atoms with E-state index in [1.54, 1.807) is 0 Å². The summed E-state index contributed by atoms with van der Waals surface area (Å²) in [5, 5.41) is 0. The fraction of sp³-hybridized carbons (Fsp3) is 0.476. The molecule has 0 N–H and O–H groups in total. The van der Waals surface area contributed by atoms with Gasteiger partial charge in [-0.15, -0.1) is 13.2 Å². The average molecular weight is 487 g/mol. The van der Waals surface area contributed by atoms with Crippen molar-refractivity contribution in [1.82, 2.24) is 14.9 Å². The molecule has 2 aliphatic heterocycles. The number of aromatic nitrogens is 2. The van der Waals surface area contributed by atoms with Crippen LogP contribution in [-0.4, -0.2) is 73.4 Å². The molecule has 2 aliphatic rings. The van der Waals surface area contributed by atoms with Gasteiger partial charge in [-0.05, 0) is 24.3 Å². The number of amides is 1. The molecular weight excluding hydrogens is 466 g/mol. The largest absolute Gasteiger partial charge is 0.522 e. The molecule has 1 amide bonds. The number of nitrogens with zero attached hydrogens (tertiary/aromatic N) is 3. The zero-order valence-corrected chi connectivity index (χ0v) is 18.0. The second kappa shape index (κ2) is 9.68. The van der Waals surface area contributed by atoms with Crippen molar-refractivity contribution in [2.75, 3.05) is 40.2 Å². The van der Waals surface area contributed by atoms with Crippen LogP contribution >= 0.6 is 0 Å². The number of piperidine rings is 1. The van der Waals surface area contributed by atoms with Crippen LogP contribution in [0.3, 0.4) is 0 Å². The number of fused-ring (bicyclic) bond motifs is 1. The molecule has 2 aromatic rings. The van der Waals surface area contributed by atoms with Crippen molar-refractivity contribution in [2.24, 2.45) is 0 Å². The van der Waals surface area contributed by atoms with Gasteiger partial charge in [0, 0.05) is 19.2 Å². The van der Waals surface area contributed by atoms with Crippen molar-refractivity contribution in [3.05, 3.63) is 47.7 Å². The maximum Gasteiger partial charge on any atom is 0.522 e. The third kappa shape index (κ3) is 4.91. The van der Waals surface area contributed by atoms with Crippen molar-refractivity contribution >= 4 is 5.91 Å². The third-order valence-electron chi connectivity index (χ3n) is 5.54. The second-order valence-electron chi connectivity index (χ2n) is 7.49. The van der Waals surface area contributed by atoms with E-state index in [4.69, 9.17) is 18.9 Å². The Bertz CT molecular complexity index is 1040. The number of halogens is 4. The summed E-state index contributed by atoms with van der Waals surface area (Å²) in [5.74, 6) is -0.961. The van der Waals surface area contributed by atoms with Crippen molar-refractivity contribution in [1.29, 1.82) is 0 Å². The Morgan fingerprint density at radius 3 is 2.85 bits per heavy atom. The summed E-state index contributed by atoms with van der Waals surface area (Å²) in [4.78, 5) is 22.8. The Kier molecular flexibility index (Phi) is 6.86. The monoisotopic (exact) mass is 487 g/mol. The summed E-state index contributed by atoms with van der Waals surface area (Å²) < 4.78 is 76.1. The molecule has 9 nitrogen and oxygen atoms in total. The molecule has 4 heterocycles. The molecule has 0 aromatic carbocycles. The summed E-state index contributed by atoms with van der Waals surface area (Å²) in [6, 6.07) is 5.52. The first-order valence-electron chi connectivity index (χ1n) is 10.3. The number of carbonyl (C=O) groups excluding carboxylic acids is 1.